The van der Waals surface area contributed by atoms with Crippen molar-refractivity contribution in [2.24, 2.45) is 0 Å². The van der Waals surface area contributed by atoms with Crippen molar-refractivity contribution in [2.45, 2.75) is 33.5 Å². The number of nitrogens with one attached hydrogen (secondary N) is 1. The molecule has 1 amide bonds. The molecule has 170 valence electrons. The van der Waals surface area contributed by atoms with Crippen molar-refractivity contribution in [2.75, 3.05) is 5.32 Å². The predicted molar refractivity (Wildman–Crippen MR) is 124 cm³/mol. The molecule has 0 unspecified atom stereocenters. The molecule has 33 heavy (non-hydrogen) atoms. The molecule has 1 N–H and O–H groups in total. The number of hydrogen-bond acceptors (Lipinski definition) is 3. The van der Waals surface area contributed by atoms with Crippen LogP contribution in [-0.2, 0) is 12.7 Å². The normalized spacial score (nSPS) is 11.7. The van der Waals surface area contributed by atoms with Crippen LogP contribution in [0.25, 0.3) is 10.9 Å². The van der Waals surface area contributed by atoms with Crippen molar-refractivity contribution < 1.29 is 18.0 Å². The third-order valence-electron chi connectivity index (χ3n) is 5.34. The molecular formula is C24H20BrF3N4O. The van der Waals surface area contributed by atoms with Gasteiger partial charge in [0.25, 0.3) is 5.91 Å². The number of hydrogen-bond donors (Lipinski definition) is 1. The molecule has 0 aliphatic heterocycles. The summed E-state index contributed by atoms with van der Waals surface area (Å²) in [6.07, 6.45) is -4.68. The highest BCUT2D eigenvalue weighted by Crippen LogP contribution is 2.32. The molecule has 2 heterocycles. The van der Waals surface area contributed by atoms with Crippen molar-refractivity contribution in [3.63, 3.8) is 0 Å². The van der Waals surface area contributed by atoms with E-state index in [1.54, 1.807) is 23.7 Å². The Hall–Kier alpha value is -3.20. The number of aromatic nitrogens is 3. The van der Waals surface area contributed by atoms with Crippen LogP contribution in [0, 0.1) is 20.8 Å². The smallest absolute Gasteiger partial charge is 0.319 e. The van der Waals surface area contributed by atoms with E-state index in [0.29, 0.717) is 33.5 Å². The van der Waals surface area contributed by atoms with Gasteiger partial charge in [-0.05, 0) is 50.6 Å². The first-order valence-corrected chi connectivity index (χ1v) is 10.9. The van der Waals surface area contributed by atoms with E-state index < -0.39 is 17.8 Å². The summed E-state index contributed by atoms with van der Waals surface area (Å²) in [5, 5.41) is 7.60. The van der Waals surface area contributed by atoms with Gasteiger partial charge < -0.3 is 5.32 Å². The lowest BCUT2D eigenvalue weighted by molar-refractivity contribution is -0.140. The summed E-state index contributed by atoms with van der Waals surface area (Å²) in [6.45, 7) is 6.07. The Morgan fingerprint density at radius 1 is 1.09 bits per heavy atom. The summed E-state index contributed by atoms with van der Waals surface area (Å²) >= 11 is 3.31. The van der Waals surface area contributed by atoms with E-state index in [4.69, 9.17) is 0 Å². The minimum absolute atomic E-state index is 0.0850. The molecule has 0 spiro atoms. The zero-order valence-electron chi connectivity index (χ0n) is 18.1. The Bertz CT molecular complexity index is 1380. The number of amides is 1. The Labute approximate surface area is 196 Å². The average Bonchev–Trinajstić information content (AvgIpc) is 2.99. The van der Waals surface area contributed by atoms with Crippen LogP contribution in [0.4, 0.5) is 18.9 Å². The Morgan fingerprint density at radius 3 is 2.55 bits per heavy atom. The molecule has 0 fully saturated rings. The third kappa shape index (κ3) is 4.78. The van der Waals surface area contributed by atoms with Crippen LogP contribution in [0.1, 0.15) is 38.6 Å². The summed E-state index contributed by atoms with van der Waals surface area (Å²) in [5.41, 5.74) is 2.78. The molecule has 0 aliphatic carbocycles. The number of rotatable bonds is 4. The van der Waals surface area contributed by atoms with Gasteiger partial charge in [-0.1, -0.05) is 45.8 Å². The number of aryl methyl sites for hydroxylation is 2. The fourth-order valence-electron chi connectivity index (χ4n) is 3.73. The van der Waals surface area contributed by atoms with Gasteiger partial charge in [-0.25, -0.2) is 4.98 Å². The molecule has 0 saturated carbocycles. The predicted octanol–water partition coefficient (Wildman–Crippen LogP) is 6.44. The molecule has 9 heteroatoms. The van der Waals surface area contributed by atoms with Gasteiger partial charge >= 0.3 is 6.18 Å². The van der Waals surface area contributed by atoms with Crippen molar-refractivity contribution in [1.82, 2.24) is 14.8 Å². The third-order valence-corrected chi connectivity index (χ3v) is 5.83. The van der Waals surface area contributed by atoms with E-state index in [1.807, 2.05) is 38.1 Å². The molecule has 2 aromatic carbocycles. The molecule has 0 atom stereocenters. The molecule has 4 aromatic rings. The average molecular weight is 517 g/mol. The first-order valence-electron chi connectivity index (χ1n) is 10.1. The van der Waals surface area contributed by atoms with Gasteiger partial charge in [-0.15, -0.1) is 0 Å². The summed E-state index contributed by atoms with van der Waals surface area (Å²) in [4.78, 5) is 16.9. The van der Waals surface area contributed by atoms with Crippen molar-refractivity contribution in [1.29, 1.82) is 0 Å². The lowest BCUT2D eigenvalue weighted by Crippen LogP contribution is -2.17. The van der Waals surface area contributed by atoms with E-state index in [1.165, 1.54) is 6.07 Å². The monoisotopic (exact) mass is 516 g/mol. The summed E-state index contributed by atoms with van der Waals surface area (Å²) in [5.74, 6) is -0.660. The molecule has 2 aromatic heterocycles. The number of alkyl halides is 3. The SMILES string of the molecule is Cc1cccc(Cn2nc(C)c(NC(=O)c3cc(C(F)(F)F)nc4ccc(Br)cc34)c2C)c1. The molecule has 0 radical (unpaired) electrons. The quantitative estimate of drug-likeness (QED) is 0.339. The summed E-state index contributed by atoms with van der Waals surface area (Å²) < 4.78 is 42.6. The maximum Gasteiger partial charge on any atom is 0.433 e. The van der Waals surface area contributed by atoms with Crippen LogP contribution in [0.15, 0.2) is 53.0 Å². The lowest BCUT2D eigenvalue weighted by Gasteiger charge is -2.13. The molecule has 5 nitrogen and oxygen atoms in total. The first-order chi connectivity index (χ1) is 15.5. The van der Waals surface area contributed by atoms with E-state index in [2.05, 4.69) is 31.3 Å². The van der Waals surface area contributed by atoms with Gasteiger partial charge in [0.15, 0.2) is 0 Å². The van der Waals surface area contributed by atoms with Crippen LogP contribution in [0.3, 0.4) is 0 Å². The van der Waals surface area contributed by atoms with Crippen LogP contribution in [0.5, 0.6) is 0 Å². The Balaban J connectivity index is 1.71. The highest BCUT2D eigenvalue weighted by molar-refractivity contribution is 9.10. The van der Waals surface area contributed by atoms with E-state index in [0.717, 1.165) is 17.2 Å². The Morgan fingerprint density at radius 2 is 1.85 bits per heavy atom. The number of anilines is 1. The number of carbonyl (C=O) groups excluding carboxylic acids is 1. The van der Waals surface area contributed by atoms with Crippen molar-refractivity contribution in [3.8, 4) is 0 Å². The number of pyridine rings is 1. The zero-order chi connectivity index (χ0) is 23.9. The second-order valence-electron chi connectivity index (χ2n) is 7.86. The first kappa shape index (κ1) is 23.0. The van der Waals surface area contributed by atoms with E-state index >= 15 is 0 Å². The van der Waals surface area contributed by atoms with Crippen molar-refractivity contribution in [3.05, 3.63) is 86.8 Å². The van der Waals surface area contributed by atoms with Gasteiger partial charge in [-0.3, -0.25) is 9.48 Å². The molecule has 0 saturated heterocycles. The van der Waals surface area contributed by atoms with Gasteiger partial charge in [0, 0.05) is 9.86 Å². The summed E-state index contributed by atoms with van der Waals surface area (Å²) in [6, 6.07) is 13.4. The maximum absolute atomic E-state index is 13.4. The number of benzene rings is 2. The zero-order valence-corrected chi connectivity index (χ0v) is 19.7. The van der Waals surface area contributed by atoms with Gasteiger partial charge in [0.05, 0.1) is 34.7 Å². The minimum atomic E-state index is -4.68. The topological polar surface area (TPSA) is 59.8 Å². The maximum atomic E-state index is 13.4. The highest BCUT2D eigenvalue weighted by atomic mass is 79.9. The standard InChI is InChI=1S/C24H20BrF3N4O/c1-13-5-4-6-16(9-13)12-32-15(3)22(14(2)31-32)30-23(33)19-11-21(24(26,27)28)29-20-8-7-17(25)10-18(19)20/h4-11H,12H2,1-3H3,(H,30,33). The Kier molecular flexibility index (Phi) is 6.00. The van der Waals surface area contributed by atoms with E-state index in [-0.39, 0.29) is 11.1 Å². The summed E-state index contributed by atoms with van der Waals surface area (Å²) in [7, 11) is 0. The molecule has 0 aliphatic rings. The largest absolute Gasteiger partial charge is 0.433 e. The van der Waals surface area contributed by atoms with Crippen LogP contribution < -0.4 is 5.32 Å². The lowest BCUT2D eigenvalue weighted by atomic mass is 10.1. The molecule has 4 rings (SSSR count). The van der Waals surface area contributed by atoms with Crippen LogP contribution >= 0.6 is 15.9 Å². The van der Waals surface area contributed by atoms with Gasteiger partial charge in [-0.2, -0.15) is 18.3 Å². The molecular weight excluding hydrogens is 497 g/mol. The molecule has 0 bridgehead atoms. The van der Waals surface area contributed by atoms with Crippen LogP contribution in [-0.4, -0.2) is 20.7 Å². The van der Waals surface area contributed by atoms with Crippen LogP contribution in [0.2, 0.25) is 0 Å². The second kappa shape index (κ2) is 8.62. The van der Waals surface area contributed by atoms with Gasteiger partial charge in [0.2, 0.25) is 0 Å². The highest BCUT2D eigenvalue weighted by Gasteiger charge is 2.34. The second-order valence-corrected chi connectivity index (χ2v) is 8.78. The van der Waals surface area contributed by atoms with E-state index in [9.17, 15) is 18.0 Å². The number of nitrogens with zero attached hydrogens (tertiary/aromatic N) is 3. The number of fused-ring (bicyclic) bond motifs is 1. The van der Waals surface area contributed by atoms with Crippen molar-refractivity contribution >= 4 is 38.4 Å². The fraction of sp³-hybridized carbons (Fsp3) is 0.208. The number of carbonyl (C=O) groups is 1. The number of halogens is 4. The fourth-order valence-corrected chi connectivity index (χ4v) is 4.09. The minimum Gasteiger partial charge on any atom is -0.319 e. The van der Waals surface area contributed by atoms with Gasteiger partial charge in [0.1, 0.15) is 5.69 Å².